The predicted molar refractivity (Wildman–Crippen MR) is 69.3 cm³/mol. The van der Waals surface area contributed by atoms with Crippen LogP contribution in [0.2, 0.25) is 0 Å². The molecule has 2 N–H and O–H groups in total. The van der Waals surface area contributed by atoms with Crippen molar-refractivity contribution in [3.05, 3.63) is 0 Å². The lowest BCUT2D eigenvalue weighted by atomic mass is 10.0. The molecule has 0 aliphatic carbocycles. The first-order chi connectivity index (χ1) is 8.40. The van der Waals surface area contributed by atoms with Gasteiger partial charge in [0.1, 0.15) is 0 Å². The van der Waals surface area contributed by atoms with E-state index in [0.717, 1.165) is 19.5 Å². The molecule has 1 fully saturated rings. The fourth-order valence-electron chi connectivity index (χ4n) is 2.35. The van der Waals surface area contributed by atoms with Gasteiger partial charge in [-0.25, -0.2) is 0 Å². The number of carbonyl (C=O) groups excluding carboxylic acids is 1. The fourth-order valence-corrected chi connectivity index (χ4v) is 2.35. The molecule has 5 nitrogen and oxygen atoms in total. The van der Waals surface area contributed by atoms with Crippen molar-refractivity contribution >= 4 is 11.9 Å². The summed E-state index contributed by atoms with van der Waals surface area (Å²) in [5, 5.41) is 11.6. The zero-order valence-electron chi connectivity index (χ0n) is 11.5. The molecule has 1 amide bonds. The first-order valence-electron chi connectivity index (χ1n) is 6.66. The Balaban J connectivity index is 2.36. The summed E-state index contributed by atoms with van der Waals surface area (Å²) in [6.07, 6.45) is 1.93. The van der Waals surface area contributed by atoms with Crippen LogP contribution in [0.1, 0.15) is 40.0 Å². The molecule has 1 rings (SSSR count). The van der Waals surface area contributed by atoms with E-state index in [1.54, 1.807) is 0 Å². The minimum absolute atomic E-state index is 0.0592. The molecule has 1 aliphatic heterocycles. The summed E-state index contributed by atoms with van der Waals surface area (Å²) in [5.41, 5.74) is 0. The summed E-state index contributed by atoms with van der Waals surface area (Å²) >= 11 is 0. The molecule has 0 aromatic rings. The molecule has 2 atom stereocenters. The van der Waals surface area contributed by atoms with Crippen LogP contribution in [0.4, 0.5) is 0 Å². The van der Waals surface area contributed by atoms with Crippen LogP contribution in [0.25, 0.3) is 0 Å². The first-order valence-corrected chi connectivity index (χ1v) is 6.66. The fraction of sp³-hybridized carbons (Fsp3) is 0.846. The Kier molecular flexibility index (Phi) is 5.59. The molecule has 2 unspecified atom stereocenters. The highest BCUT2D eigenvalue weighted by molar-refractivity contribution is 5.81. The number of nitrogens with zero attached hydrogens (tertiary/aromatic N) is 1. The third-order valence-electron chi connectivity index (χ3n) is 3.44. The Morgan fingerprint density at radius 3 is 2.61 bits per heavy atom. The van der Waals surface area contributed by atoms with Crippen LogP contribution < -0.4 is 5.32 Å². The third-order valence-corrected chi connectivity index (χ3v) is 3.44. The second-order valence-electron chi connectivity index (χ2n) is 5.42. The summed E-state index contributed by atoms with van der Waals surface area (Å²) in [7, 11) is 0. The Bertz CT molecular complexity index is 305. The summed E-state index contributed by atoms with van der Waals surface area (Å²) in [6.45, 7) is 7.53. The van der Waals surface area contributed by atoms with Gasteiger partial charge in [0.15, 0.2) is 0 Å². The molecule has 0 bridgehead atoms. The molecule has 18 heavy (non-hydrogen) atoms. The minimum atomic E-state index is -0.737. The van der Waals surface area contributed by atoms with Gasteiger partial charge in [-0.2, -0.15) is 0 Å². The maximum absolute atomic E-state index is 11.9. The summed E-state index contributed by atoms with van der Waals surface area (Å²) in [4.78, 5) is 24.5. The van der Waals surface area contributed by atoms with E-state index in [1.807, 2.05) is 20.8 Å². The number of carboxylic acid groups (broad SMARTS) is 1. The van der Waals surface area contributed by atoms with Crippen molar-refractivity contribution in [2.75, 3.05) is 13.1 Å². The highest BCUT2D eigenvalue weighted by Crippen LogP contribution is 2.22. The monoisotopic (exact) mass is 256 g/mol. The van der Waals surface area contributed by atoms with Crippen LogP contribution in [-0.2, 0) is 9.59 Å². The smallest absolute Gasteiger partial charge is 0.303 e. The molecule has 1 heterocycles. The van der Waals surface area contributed by atoms with Gasteiger partial charge in [-0.1, -0.05) is 0 Å². The molecular formula is C13H24N2O3. The lowest BCUT2D eigenvalue weighted by Crippen LogP contribution is -2.46. The van der Waals surface area contributed by atoms with Gasteiger partial charge in [0.05, 0.1) is 6.04 Å². The van der Waals surface area contributed by atoms with Gasteiger partial charge in [0, 0.05) is 19.0 Å². The summed E-state index contributed by atoms with van der Waals surface area (Å²) in [6, 6.07) is 0.0348. The van der Waals surface area contributed by atoms with E-state index >= 15 is 0 Å². The maximum atomic E-state index is 11.9. The number of hydrogen-bond donors (Lipinski definition) is 2. The molecule has 0 spiro atoms. The normalized spacial score (nSPS) is 22.1. The molecule has 0 saturated carbocycles. The van der Waals surface area contributed by atoms with E-state index in [1.165, 1.54) is 0 Å². The largest absolute Gasteiger partial charge is 0.481 e. The van der Waals surface area contributed by atoms with E-state index in [2.05, 4.69) is 10.2 Å². The van der Waals surface area contributed by atoms with Gasteiger partial charge in [-0.3, -0.25) is 14.5 Å². The van der Waals surface area contributed by atoms with Crippen LogP contribution in [-0.4, -0.2) is 47.1 Å². The topological polar surface area (TPSA) is 69.6 Å². The average Bonchev–Trinajstić information content (AvgIpc) is 2.72. The average molecular weight is 256 g/mol. The molecule has 0 radical (unpaired) electrons. The van der Waals surface area contributed by atoms with Gasteiger partial charge in [0.2, 0.25) is 5.91 Å². The third kappa shape index (κ3) is 4.64. The standard InChI is InChI=1S/C13H24N2O3/c1-9(2)14-13(18)10(3)15-7-6-11(8-15)4-5-12(16)17/h9-11H,4-8H2,1-3H3,(H,14,18)(H,16,17). The van der Waals surface area contributed by atoms with Crippen LogP contribution in [0.3, 0.4) is 0 Å². The molecule has 0 aromatic carbocycles. The van der Waals surface area contributed by atoms with Crippen molar-refractivity contribution in [1.82, 2.24) is 10.2 Å². The van der Waals surface area contributed by atoms with Gasteiger partial charge in [0.25, 0.3) is 0 Å². The van der Waals surface area contributed by atoms with E-state index in [0.29, 0.717) is 12.3 Å². The van der Waals surface area contributed by atoms with Gasteiger partial charge in [-0.05, 0) is 46.1 Å². The molecule has 0 aromatic heterocycles. The highest BCUT2D eigenvalue weighted by Gasteiger charge is 2.29. The minimum Gasteiger partial charge on any atom is -0.481 e. The molecule has 5 heteroatoms. The Morgan fingerprint density at radius 2 is 2.06 bits per heavy atom. The number of rotatable bonds is 6. The van der Waals surface area contributed by atoms with Crippen molar-refractivity contribution in [2.24, 2.45) is 5.92 Å². The van der Waals surface area contributed by atoms with Gasteiger partial charge < -0.3 is 10.4 Å². The SMILES string of the molecule is CC(C)NC(=O)C(C)N1CCC(CCC(=O)O)C1. The molecule has 1 aliphatic rings. The Hall–Kier alpha value is -1.10. The number of carboxylic acids is 1. The molecular weight excluding hydrogens is 232 g/mol. The predicted octanol–water partition coefficient (Wildman–Crippen LogP) is 1.09. The van der Waals surface area contributed by atoms with Crippen molar-refractivity contribution in [1.29, 1.82) is 0 Å². The Morgan fingerprint density at radius 1 is 1.39 bits per heavy atom. The van der Waals surface area contributed by atoms with Crippen LogP contribution in [0, 0.1) is 5.92 Å². The lowest BCUT2D eigenvalue weighted by molar-refractivity contribution is -0.137. The maximum Gasteiger partial charge on any atom is 0.303 e. The molecule has 104 valence electrons. The van der Waals surface area contributed by atoms with Crippen molar-refractivity contribution in [3.8, 4) is 0 Å². The Labute approximate surface area is 109 Å². The van der Waals surface area contributed by atoms with E-state index in [-0.39, 0.29) is 24.4 Å². The van der Waals surface area contributed by atoms with Crippen LogP contribution >= 0.6 is 0 Å². The highest BCUT2D eigenvalue weighted by atomic mass is 16.4. The van der Waals surface area contributed by atoms with Crippen molar-refractivity contribution in [3.63, 3.8) is 0 Å². The van der Waals surface area contributed by atoms with Gasteiger partial charge >= 0.3 is 5.97 Å². The number of hydrogen-bond acceptors (Lipinski definition) is 3. The van der Waals surface area contributed by atoms with Gasteiger partial charge in [-0.15, -0.1) is 0 Å². The second-order valence-corrected chi connectivity index (χ2v) is 5.42. The number of likely N-dealkylation sites (tertiary alicyclic amines) is 1. The zero-order valence-corrected chi connectivity index (χ0v) is 11.5. The number of amides is 1. The van der Waals surface area contributed by atoms with Crippen molar-refractivity contribution < 1.29 is 14.7 Å². The molecule has 1 saturated heterocycles. The first kappa shape index (κ1) is 15.0. The van der Waals surface area contributed by atoms with E-state index < -0.39 is 5.97 Å². The lowest BCUT2D eigenvalue weighted by Gasteiger charge is -2.24. The van der Waals surface area contributed by atoms with Crippen LogP contribution in [0.15, 0.2) is 0 Å². The number of nitrogens with one attached hydrogen (secondary N) is 1. The zero-order chi connectivity index (χ0) is 13.7. The summed E-state index contributed by atoms with van der Waals surface area (Å²) < 4.78 is 0. The van der Waals surface area contributed by atoms with Crippen molar-refractivity contribution in [2.45, 2.75) is 52.1 Å². The van der Waals surface area contributed by atoms with E-state index in [9.17, 15) is 9.59 Å². The second kappa shape index (κ2) is 6.73. The van der Waals surface area contributed by atoms with E-state index in [4.69, 9.17) is 5.11 Å². The summed E-state index contributed by atoms with van der Waals surface area (Å²) in [5.74, 6) is -0.265. The van der Waals surface area contributed by atoms with Crippen LogP contribution in [0.5, 0.6) is 0 Å². The quantitative estimate of drug-likeness (QED) is 0.746. The number of aliphatic carboxylic acids is 1. The number of carbonyl (C=O) groups is 2.